The minimum atomic E-state index is 0. The Hall–Kier alpha value is -0.417. The molecule has 0 unspecified atom stereocenters. The largest absolute Gasteiger partial charge is 2.00 e. The molecule has 0 atom stereocenters. The van der Waals surface area contributed by atoms with Gasteiger partial charge in [0, 0.05) is 0 Å². The molecule has 66 valence electrons. The van der Waals surface area contributed by atoms with E-state index in [1.54, 1.807) is 0 Å². The monoisotopic (exact) mass is 248 g/mol. The summed E-state index contributed by atoms with van der Waals surface area (Å²) in [6.07, 6.45) is 0. The fourth-order valence-corrected chi connectivity index (χ4v) is 1.04. The Bertz CT molecular complexity index is 257. The molecule has 0 radical (unpaired) electrons. The molecule has 0 heterocycles. The van der Waals surface area contributed by atoms with Gasteiger partial charge in [-0.1, -0.05) is 13.8 Å². The zero-order chi connectivity index (χ0) is 8.81. The van der Waals surface area contributed by atoms with E-state index >= 15 is 0 Å². The Morgan fingerprint density at radius 1 is 1.08 bits per heavy atom. The molecule has 1 heteroatoms. The number of aryl methyl sites for hydroxylation is 2. The molecule has 0 aliphatic heterocycles. The molecule has 0 aliphatic carbocycles. The predicted octanol–water partition coefficient (Wildman–Crippen LogP) is 3.43. The van der Waals surface area contributed by atoms with Crippen molar-refractivity contribution in [3.63, 3.8) is 0 Å². The SMILES string of the molecule is Cc1c[cH-]c(C)c1.[Zr+2].c1cc[cH-]c1. The third kappa shape index (κ3) is 5.77. The first-order chi connectivity index (χ1) is 5.79. The quantitative estimate of drug-likeness (QED) is 0.628. The van der Waals surface area contributed by atoms with Crippen LogP contribution in [-0.2, 0) is 26.2 Å². The van der Waals surface area contributed by atoms with E-state index in [4.69, 9.17) is 0 Å². The van der Waals surface area contributed by atoms with Crippen LogP contribution in [0.25, 0.3) is 0 Å². The fourth-order valence-electron chi connectivity index (χ4n) is 1.04. The van der Waals surface area contributed by atoms with Crippen molar-refractivity contribution < 1.29 is 26.2 Å². The molecule has 0 aliphatic rings. The maximum atomic E-state index is 2.17. The normalized spacial score (nSPS) is 8.15. The first kappa shape index (κ1) is 12.6. The molecule has 0 amide bonds. The van der Waals surface area contributed by atoms with Gasteiger partial charge in [0.05, 0.1) is 0 Å². The van der Waals surface area contributed by atoms with Crippen LogP contribution < -0.4 is 0 Å². The molecule has 2 rings (SSSR count). The van der Waals surface area contributed by atoms with E-state index in [0.29, 0.717) is 0 Å². The van der Waals surface area contributed by atoms with Gasteiger partial charge in [-0.05, 0) is 0 Å². The summed E-state index contributed by atoms with van der Waals surface area (Å²) in [7, 11) is 0. The van der Waals surface area contributed by atoms with Crippen molar-refractivity contribution in [3.05, 3.63) is 59.7 Å². The summed E-state index contributed by atoms with van der Waals surface area (Å²) in [5.74, 6) is 0. The molecule has 0 nitrogen and oxygen atoms in total. The Balaban J connectivity index is 0.000000215. The van der Waals surface area contributed by atoms with Crippen molar-refractivity contribution in [2.24, 2.45) is 0 Å². The van der Waals surface area contributed by atoms with Crippen molar-refractivity contribution in [2.75, 3.05) is 0 Å². The van der Waals surface area contributed by atoms with Crippen molar-refractivity contribution >= 4 is 0 Å². The van der Waals surface area contributed by atoms with Crippen molar-refractivity contribution in [3.8, 4) is 0 Å². The zero-order valence-corrected chi connectivity index (χ0v) is 10.6. The Morgan fingerprint density at radius 2 is 1.69 bits per heavy atom. The Morgan fingerprint density at radius 3 is 1.85 bits per heavy atom. The Kier molecular flexibility index (Phi) is 6.81. The van der Waals surface area contributed by atoms with Gasteiger partial charge in [-0.25, -0.2) is 23.8 Å². The molecule has 0 fully saturated rings. The van der Waals surface area contributed by atoms with Crippen molar-refractivity contribution in [1.82, 2.24) is 0 Å². The fraction of sp³-hybridized carbons (Fsp3) is 0.167. The van der Waals surface area contributed by atoms with Gasteiger partial charge in [0.1, 0.15) is 0 Å². The van der Waals surface area contributed by atoms with Crippen molar-refractivity contribution in [2.45, 2.75) is 13.8 Å². The van der Waals surface area contributed by atoms with Crippen LogP contribution in [0.2, 0.25) is 0 Å². The second-order valence-electron chi connectivity index (χ2n) is 2.93. The Labute approximate surface area is 99.5 Å². The maximum Gasteiger partial charge on any atom is 2.00 e. The molecule has 0 saturated carbocycles. The standard InChI is InChI=1S/C7H9.C5H5.Zr/c1-6-3-4-7(2)5-6;1-2-4-5-3-1;/h3-5H,1-2H3;1-5H;/q2*-1;+2. The van der Waals surface area contributed by atoms with E-state index in [-0.39, 0.29) is 26.2 Å². The molecular weight excluding hydrogens is 235 g/mol. The first-order valence-corrected chi connectivity index (χ1v) is 4.15. The van der Waals surface area contributed by atoms with E-state index in [1.165, 1.54) is 11.1 Å². The second kappa shape index (κ2) is 7.03. The minimum absolute atomic E-state index is 0. The first-order valence-electron chi connectivity index (χ1n) is 4.15. The van der Waals surface area contributed by atoms with Crippen LogP contribution in [0.5, 0.6) is 0 Å². The molecule has 2 aromatic carbocycles. The zero-order valence-electron chi connectivity index (χ0n) is 8.12. The van der Waals surface area contributed by atoms with Gasteiger partial charge in [-0.2, -0.15) is 35.9 Å². The molecule has 0 bridgehead atoms. The van der Waals surface area contributed by atoms with Crippen LogP contribution in [-0.4, -0.2) is 0 Å². The summed E-state index contributed by atoms with van der Waals surface area (Å²) in [5.41, 5.74) is 2.72. The smallest absolute Gasteiger partial charge is 0.214 e. The molecule has 0 N–H and O–H groups in total. The molecule has 2 aromatic rings. The van der Waals surface area contributed by atoms with Crippen LogP contribution in [0.3, 0.4) is 0 Å². The van der Waals surface area contributed by atoms with Crippen molar-refractivity contribution in [1.29, 1.82) is 0 Å². The second-order valence-corrected chi connectivity index (χ2v) is 2.93. The van der Waals surface area contributed by atoms with E-state index in [0.717, 1.165) is 0 Å². The van der Waals surface area contributed by atoms with Crippen LogP contribution in [0.1, 0.15) is 11.1 Å². The summed E-state index contributed by atoms with van der Waals surface area (Å²) in [6, 6.07) is 16.4. The van der Waals surface area contributed by atoms with E-state index in [1.807, 2.05) is 30.3 Å². The minimum Gasteiger partial charge on any atom is -0.214 e. The molecule has 0 spiro atoms. The van der Waals surface area contributed by atoms with Gasteiger partial charge in [0.15, 0.2) is 0 Å². The van der Waals surface area contributed by atoms with Crippen LogP contribution in [0.4, 0.5) is 0 Å². The van der Waals surface area contributed by atoms with Crippen LogP contribution >= 0.6 is 0 Å². The van der Waals surface area contributed by atoms with Crippen LogP contribution in [0.15, 0.2) is 48.5 Å². The molecule has 0 aromatic heterocycles. The predicted molar refractivity (Wildman–Crippen MR) is 53.5 cm³/mol. The number of hydrogen-bond donors (Lipinski definition) is 0. The molecule has 13 heavy (non-hydrogen) atoms. The summed E-state index contributed by atoms with van der Waals surface area (Å²) in [6.45, 7) is 4.21. The van der Waals surface area contributed by atoms with Gasteiger partial charge >= 0.3 is 26.2 Å². The van der Waals surface area contributed by atoms with Gasteiger partial charge in [-0.15, -0.1) is 0 Å². The third-order valence-electron chi connectivity index (χ3n) is 1.62. The number of hydrogen-bond acceptors (Lipinski definition) is 0. The average molecular weight is 249 g/mol. The van der Waals surface area contributed by atoms with Gasteiger partial charge in [-0.3, -0.25) is 0 Å². The van der Waals surface area contributed by atoms with E-state index in [2.05, 4.69) is 32.0 Å². The number of rotatable bonds is 0. The summed E-state index contributed by atoms with van der Waals surface area (Å²) in [4.78, 5) is 0. The third-order valence-corrected chi connectivity index (χ3v) is 1.62. The van der Waals surface area contributed by atoms with Crippen LogP contribution in [0, 0.1) is 13.8 Å². The van der Waals surface area contributed by atoms with E-state index < -0.39 is 0 Å². The topological polar surface area (TPSA) is 0 Å². The maximum absolute atomic E-state index is 2.17. The van der Waals surface area contributed by atoms with E-state index in [9.17, 15) is 0 Å². The average Bonchev–Trinajstić information content (AvgIpc) is 2.63. The summed E-state index contributed by atoms with van der Waals surface area (Å²) in [5, 5.41) is 0. The molecule has 0 saturated heterocycles. The van der Waals surface area contributed by atoms with Gasteiger partial charge in [0.25, 0.3) is 0 Å². The summed E-state index contributed by atoms with van der Waals surface area (Å²) < 4.78 is 0. The summed E-state index contributed by atoms with van der Waals surface area (Å²) >= 11 is 0. The van der Waals surface area contributed by atoms with Gasteiger partial charge < -0.3 is 0 Å². The molecular formula is C12H14Zr. The van der Waals surface area contributed by atoms with Gasteiger partial charge in [0.2, 0.25) is 0 Å².